The van der Waals surface area contributed by atoms with Gasteiger partial charge < -0.3 is 10.4 Å². The predicted octanol–water partition coefficient (Wildman–Crippen LogP) is 1.67. The Morgan fingerprint density at radius 2 is 2.31 bits per heavy atom. The lowest BCUT2D eigenvalue weighted by Crippen LogP contribution is -2.29. The lowest BCUT2D eigenvalue weighted by Gasteiger charge is -2.16. The summed E-state index contributed by atoms with van der Waals surface area (Å²) in [4.78, 5) is 4.30. The van der Waals surface area contributed by atoms with Gasteiger partial charge in [-0.3, -0.25) is 0 Å². The van der Waals surface area contributed by atoms with Gasteiger partial charge in [-0.15, -0.1) is 5.10 Å². The quantitative estimate of drug-likeness (QED) is 0.900. The van der Waals surface area contributed by atoms with E-state index in [0.717, 1.165) is 10.1 Å². The Morgan fingerprint density at radius 1 is 1.56 bits per heavy atom. The first-order valence-electron chi connectivity index (χ1n) is 4.93. The van der Waals surface area contributed by atoms with Crippen molar-refractivity contribution in [3.8, 4) is 0 Å². The fraction of sp³-hybridized carbons (Fsp3) is 0.400. The molecule has 0 amide bonds. The van der Waals surface area contributed by atoms with Crippen molar-refractivity contribution in [3.05, 3.63) is 22.8 Å². The van der Waals surface area contributed by atoms with Crippen molar-refractivity contribution in [2.75, 3.05) is 11.9 Å². The number of nitrogens with one attached hydrogen (secondary N) is 1. The van der Waals surface area contributed by atoms with E-state index in [4.69, 9.17) is 0 Å². The zero-order valence-electron chi connectivity index (χ0n) is 9.11. The lowest BCUT2D eigenvalue weighted by molar-refractivity contribution is 0.0943. The summed E-state index contributed by atoms with van der Waals surface area (Å²) in [7, 11) is 0. The molecule has 0 saturated heterocycles. The van der Waals surface area contributed by atoms with Gasteiger partial charge in [0, 0.05) is 12.7 Å². The van der Waals surface area contributed by atoms with Gasteiger partial charge in [-0.1, -0.05) is 0 Å². The molecule has 5 nitrogen and oxygen atoms in total. The fourth-order valence-corrected chi connectivity index (χ4v) is 1.67. The van der Waals surface area contributed by atoms with Crippen molar-refractivity contribution in [2.45, 2.75) is 19.4 Å². The average molecular weight is 285 g/mol. The van der Waals surface area contributed by atoms with Crippen molar-refractivity contribution in [3.63, 3.8) is 0 Å². The van der Waals surface area contributed by atoms with Crippen LogP contribution in [0.1, 0.15) is 13.8 Å². The van der Waals surface area contributed by atoms with Gasteiger partial charge in [0.25, 0.3) is 0 Å². The number of aromatic nitrogens is 3. The Morgan fingerprint density at radius 3 is 2.94 bits per heavy atom. The van der Waals surface area contributed by atoms with Crippen LogP contribution in [0.2, 0.25) is 0 Å². The van der Waals surface area contributed by atoms with Crippen LogP contribution in [0.25, 0.3) is 5.65 Å². The van der Waals surface area contributed by atoms with Crippen molar-refractivity contribution in [1.82, 2.24) is 14.6 Å². The van der Waals surface area contributed by atoms with Crippen molar-refractivity contribution in [1.29, 1.82) is 0 Å². The predicted molar refractivity (Wildman–Crippen MR) is 65.5 cm³/mol. The summed E-state index contributed by atoms with van der Waals surface area (Å²) >= 11 is 3.40. The van der Waals surface area contributed by atoms with Gasteiger partial charge in [0.15, 0.2) is 5.65 Å². The van der Waals surface area contributed by atoms with E-state index in [-0.39, 0.29) is 0 Å². The average Bonchev–Trinajstić information content (AvgIpc) is 2.58. The molecule has 2 rings (SSSR count). The van der Waals surface area contributed by atoms with Crippen LogP contribution in [0.5, 0.6) is 0 Å². The Labute approximate surface area is 102 Å². The summed E-state index contributed by atoms with van der Waals surface area (Å²) in [5.74, 6) is 0.508. The minimum Gasteiger partial charge on any atom is -0.389 e. The van der Waals surface area contributed by atoms with E-state index in [1.807, 2.05) is 18.3 Å². The molecular weight excluding hydrogens is 272 g/mol. The highest BCUT2D eigenvalue weighted by Gasteiger charge is 2.13. The second kappa shape index (κ2) is 4.03. The van der Waals surface area contributed by atoms with Crippen molar-refractivity contribution >= 4 is 27.5 Å². The third-order valence-corrected chi connectivity index (χ3v) is 2.61. The van der Waals surface area contributed by atoms with Gasteiger partial charge in [0.05, 0.1) is 10.1 Å². The number of pyridine rings is 1. The summed E-state index contributed by atoms with van der Waals surface area (Å²) in [6.45, 7) is 3.86. The number of hydrogen-bond acceptors (Lipinski definition) is 4. The molecule has 86 valence electrons. The molecule has 0 atom stereocenters. The normalized spacial score (nSPS) is 12.0. The Kier molecular flexibility index (Phi) is 2.86. The van der Waals surface area contributed by atoms with Gasteiger partial charge in [0.2, 0.25) is 5.95 Å². The van der Waals surface area contributed by atoms with Crippen LogP contribution in [0.15, 0.2) is 22.8 Å². The van der Waals surface area contributed by atoms with Gasteiger partial charge in [0.1, 0.15) is 0 Å². The molecule has 0 unspecified atom stereocenters. The third kappa shape index (κ3) is 2.51. The van der Waals surface area contributed by atoms with Crippen LogP contribution < -0.4 is 5.32 Å². The molecule has 2 N–H and O–H groups in total. The SMILES string of the molecule is CC(C)(O)CNc1nc2c(Br)cccn2n1. The van der Waals surface area contributed by atoms with Gasteiger partial charge in [-0.05, 0) is 41.9 Å². The zero-order chi connectivity index (χ0) is 11.8. The first-order valence-corrected chi connectivity index (χ1v) is 5.72. The maximum atomic E-state index is 9.57. The lowest BCUT2D eigenvalue weighted by atomic mass is 10.1. The van der Waals surface area contributed by atoms with Gasteiger partial charge in [-0.25, -0.2) is 4.52 Å². The van der Waals surface area contributed by atoms with Crippen LogP contribution in [0.3, 0.4) is 0 Å². The van der Waals surface area contributed by atoms with E-state index in [2.05, 4.69) is 31.3 Å². The molecule has 16 heavy (non-hydrogen) atoms. The standard InChI is InChI=1S/C10H13BrN4O/c1-10(2,16)6-12-9-13-8-7(11)4-3-5-15(8)14-9/h3-5,16H,6H2,1-2H3,(H,12,14). The molecule has 0 aliphatic heterocycles. The largest absolute Gasteiger partial charge is 0.389 e. The molecule has 0 aromatic carbocycles. The van der Waals surface area contributed by atoms with Gasteiger partial charge in [-0.2, -0.15) is 4.98 Å². The summed E-state index contributed by atoms with van der Waals surface area (Å²) in [6.07, 6.45) is 1.82. The summed E-state index contributed by atoms with van der Waals surface area (Å²) in [6, 6.07) is 3.79. The minimum atomic E-state index is -0.783. The van der Waals surface area contributed by atoms with E-state index in [9.17, 15) is 5.11 Å². The summed E-state index contributed by atoms with van der Waals surface area (Å²) < 4.78 is 2.57. The van der Waals surface area contributed by atoms with Gasteiger partial charge >= 0.3 is 0 Å². The molecule has 0 radical (unpaired) electrons. The molecule has 0 bridgehead atoms. The Bertz CT molecular complexity index is 503. The number of rotatable bonds is 3. The summed E-state index contributed by atoms with van der Waals surface area (Å²) in [5.41, 5.74) is -0.0323. The van der Waals surface area contributed by atoms with Crippen molar-refractivity contribution in [2.24, 2.45) is 0 Å². The van der Waals surface area contributed by atoms with E-state index in [1.54, 1.807) is 18.4 Å². The molecule has 0 aliphatic rings. The highest BCUT2D eigenvalue weighted by Crippen LogP contribution is 2.16. The molecule has 2 aromatic heterocycles. The summed E-state index contributed by atoms with van der Waals surface area (Å²) in [5, 5.41) is 16.8. The topological polar surface area (TPSA) is 62.5 Å². The number of fused-ring (bicyclic) bond motifs is 1. The molecule has 0 saturated carbocycles. The smallest absolute Gasteiger partial charge is 0.243 e. The van der Waals surface area contributed by atoms with Crippen LogP contribution in [-0.4, -0.2) is 31.9 Å². The van der Waals surface area contributed by atoms with E-state index < -0.39 is 5.60 Å². The molecule has 2 aromatic rings. The monoisotopic (exact) mass is 284 g/mol. The molecule has 0 spiro atoms. The first kappa shape index (κ1) is 11.3. The number of hydrogen-bond donors (Lipinski definition) is 2. The first-order chi connectivity index (χ1) is 7.46. The number of anilines is 1. The number of aliphatic hydroxyl groups is 1. The van der Waals surface area contributed by atoms with Crippen LogP contribution in [0.4, 0.5) is 5.95 Å². The van der Waals surface area contributed by atoms with Crippen LogP contribution in [-0.2, 0) is 0 Å². The molecule has 2 heterocycles. The second-order valence-corrected chi connectivity index (χ2v) is 5.08. The Balaban J connectivity index is 2.24. The van der Waals surface area contributed by atoms with E-state index in [1.165, 1.54) is 0 Å². The second-order valence-electron chi connectivity index (χ2n) is 4.23. The minimum absolute atomic E-state index is 0.404. The zero-order valence-corrected chi connectivity index (χ0v) is 10.7. The third-order valence-electron chi connectivity index (χ3n) is 1.99. The molecular formula is C10H13BrN4O. The molecule has 0 aliphatic carbocycles. The van der Waals surface area contributed by atoms with Crippen LogP contribution in [0, 0.1) is 0 Å². The Hall–Kier alpha value is -1.14. The fourth-order valence-electron chi connectivity index (χ4n) is 1.24. The maximum absolute atomic E-state index is 9.57. The molecule has 6 heteroatoms. The highest BCUT2D eigenvalue weighted by atomic mass is 79.9. The number of nitrogens with zero attached hydrogens (tertiary/aromatic N) is 3. The molecule has 0 fully saturated rings. The number of halogens is 1. The van der Waals surface area contributed by atoms with Crippen molar-refractivity contribution < 1.29 is 5.11 Å². The maximum Gasteiger partial charge on any atom is 0.243 e. The van der Waals surface area contributed by atoms with E-state index in [0.29, 0.717) is 12.5 Å². The highest BCUT2D eigenvalue weighted by molar-refractivity contribution is 9.10. The van der Waals surface area contributed by atoms with E-state index >= 15 is 0 Å². The van der Waals surface area contributed by atoms with Crippen LogP contribution >= 0.6 is 15.9 Å².